The monoisotopic (exact) mass is 927 g/mol. The van der Waals surface area contributed by atoms with Crippen molar-refractivity contribution in [2.75, 3.05) is 9.80 Å². The highest BCUT2D eigenvalue weighted by atomic mass is 16.3. The van der Waals surface area contributed by atoms with Crippen molar-refractivity contribution in [2.24, 2.45) is 0 Å². The van der Waals surface area contributed by atoms with Crippen LogP contribution in [0.5, 0.6) is 0 Å². The Morgan fingerprint density at radius 1 is 0.479 bits per heavy atom. The van der Waals surface area contributed by atoms with Crippen LogP contribution in [-0.4, -0.2) is 6.71 Å². The summed E-state index contributed by atoms with van der Waals surface area (Å²) in [4.78, 5) is 5.34. The van der Waals surface area contributed by atoms with Crippen LogP contribution in [0, 0.1) is 20.8 Å². The lowest BCUT2D eigenvalue weighted by Gasteiger charge is -2.48. The molecule has 0 atom stereocenters. The average molecular weight is 927 g/mol. The Morgan fingerprint density at radius 2 is 1.08 bits per heavy atom. The Balaban J connectivity index is 1.30. The van der Waals surface area contributed by atoms with Gasteiger partial charge in [0.15, 0.2) is 0 Å². The van der Waals surface area contributed by atoms with Gasteiger partial charge in [0.05, 0.1) is 16.8 Å². The summed E-state index contributed by atoms with van der Waals surface area (Å²) in [5.41, 5.74) is 27.4. The fourth-order valence-electron chi connectivity index (χ4n) is 12.7. The SMILES string of the molecule is Cc1cc(C(C)(C)C)ccc1N1c2cc3c(cc2B2c4ccc5oc6ccccc6c5c4N(c4ccc(C(C)(C)C)cc4-c4ccccc4)c4cc(-c5c(C)cccc5C)cc1c42)C(C)(C)CCC3(C)C. The lowest BCUT2D eigenvalue weighted by Crippen LogP contribution is -2.62. The Labute approximate surface area is 422 Å². The molecule has 2 aliphatic heterocycles. The molecule has 3 aliphatic rings. The van der Waals surface area contributed by atoms with Gasteiger partial charge in [-0.25, -0.2) is 0 Å². The van der Waals surface area contributed by atoms with Gasteiger partial charge in [-0.2, -0.15) is 0 Å². The normalized spacial score (nSPS) is 15.7. The summed E-state index contributed by atoms with van der Waals surface area (Å²) in [6, 6.07) is 56.0. The summed E-state index contributed by atoms with van der Waals surface area (Å²) in [6.45, 7) is 30.7. The fourth-order valence-corrected chi connectivity index (χ4v) is 12.7. The van der Waals surface area contributed by atoms with Gasteiger partial charge in [0.1, 0.15) is 11.2 Å². The van der Waals surface area contributed by atoms with E-state index in [1.54, 1.807) is 0 Å². The largest absolute Gasteiger partial charge is 0.456 e. The van der Waals surface area contributed by atoms with Crippen LogP contribution in [-0.2, 0) is 21.7 Å². The number of hydrogen-bond donors (Lipinski definition) is 0. The predicted molar refractivity (Wildman–Crippen MR) is 306 cm³/mol. The highest BCUT2D eigenvalue weighted by Crippen LogP contribution is 2.54. The molecule has 1 aromatic heterocycles. The Hall–Kier alpha value is -6.78. The van der Waals surface area contributed by atoms with Gasteiger partial charge in [0.25, 0.3) is 6.71 Å². The van der Waals surface area contributed by atoms with E-state index >= 15 is 0 Å². The van der Waals surface area contributed by atoms with Crippen molar-refractivity contribution in [1.29, 1.82) is 0 Å². The van der Waals surface area contributed by atoms with Crippen LogP contribution in [0.3, 0.4) is 0 Å². The second-order valence-electron chi connectivity index (χ2n) is 24.6. The predicted octanol–water partition coefficient (Wildman–Crippen LogP) is 16.9. The van der Waals surface area contributed by atoms with Crippen LogP contribution in [0.2, 0.25) is 0 Å². The van der Waals surface area contributed by atoms with Gasteiger partial charge in [0.2, 0.25) is 0 Å². The molecule has 0 saturated carbocycles. The minimum absolute atomic E-state index is 0.0100. The number of benzene rings is 8. The van der Waals surface area contributed by atoms with Crippen molar-refractivity contribution in [3.05, 3.63) is 185 Å². The molecule has 8 aromatic carbocycles. The molecule has 0 saturated heterocycles. The van der Waals surface area contributed by atoms with Gasteiger partial charge in [-0.3, -0.25) is 0 Å². The standard InChI is InChI=1S/C67H67BN2O/c1-40-20-19-21-41(2)60(40)44-35-56-62-57(36-44)70(54-30-27-46(65(7,8)9)37-48(54)43-22-15-14-16-23-43)63-51(28-31-59-61(63)47-24-17-18-25-58(47)71-59)68(62)52-38-49-50(67(12,13)33-32-66(49,10)11)39-55(52)69(56)53-29-26-45(34-42(53)3)64(4,5)6/h14-31,34-39H,32-33H2,1-13H3. The number of rotatable bonds is 4. The number of furan rings is 1. The first-order chi connectivity index (χ1) is 33.7. The van der Waals surface area contributed by atoms with Gasteiger partial charge < -0.3 is 14.2 Å². The summed E-state index contributed by atoms with van der Waals surface area (Å²) >= 11 is 0. The van der Waals surface area contributed by atoms with Crippen LogP contribution < -0.4 is 26.2 Å². The molecule has 0 bridgehead atoms. The Kier molecular flexibility index (Phi) is 9.98. The zero-order valence-electron chi connectivity index (χ0n) is 44.2. The number of para-hydroxylation sites is 1. The number of nitrogens with zero attached hydrogens (tertiary/aromatic N) is 2. The number of anilines is 6. The van der Waals surface area contributed by atoms with Crippen LogP contribution in [0.25, 0.3) is 44.2 Å². The molecule has 0 spiro atoms. The third-order valence-electron chi connectivity index (χ3n) is 16.8. The summed E-state index contributed by atoms with van der Waals surface area (Å²) in [6.07, 6.45) is 2.29. The van der Waals surface area contributed by atoms with Gasteiger partial charge in [-0.15, -0.1) is 0 Å². The average Bonchev–Trinajstić information content (AvgIpc) is 3.71. The van der Waals surface area contributed by atoms with Gasteiger partial charge >= 0.3 is 0 Å². The van der Waals surface area contributed by atoms with Crippen molar-refractivity contribution in [1.82, 2.24) is 0 Å². The van der Waals surface area contributed by atoms with Crippen molar-refractivity contribution >= 4 is 79.2 Å². The van der Waals surface area contributed by atoms with E-state index in [0.717, 1.165) is 40.5 Å². The van der Waals surface area contributed by atoms with Crippen LogP contribution in [0.15, 0.2) is 150 Å². The second-order valence-corrected chi connectivity index (χ2v) is 24.6. The molecule has 354 valence electrons. The molecule has 4 heteroatoms. The Morgan fingerprint density at radius 3 is 1.75 bits per heavy atom. The summed E-state index contributed by atoms with van der Waals surface area (Å²) in [5, 5.41) is 2.28. The molecule has 3 nitrogen and oxygen atoms in total. The minimum Gasteiger partial charge on any atom is -0.456 e. The van der Waals surface area contributed by atoms with Crippen molar-refractivity contribution in [3.8, 4) is 22.3 Å². The molecule has 0 radical (unpaired) electrons. The fraction of sp³-hybridized carbons (Fsp3) is 0.284. The summed E-state index contributed by atoms with van der Waals surface area (Å²) in [7, 11) is 0. The summed E-state index contributed by atoms with van der Waals surface area (Å²) < 4.78 is 6.88. The molecule has 71 heavy (non-hydrogen) atoms. The lowest BCUT2D eigenvalue weighted by atomic mass is 9.33. The van der Waals surface area contributed by atoms with E-state index in [4.69, 9.17) is 4.42 Å². The van der Waals surface area contributed by atoms with E-state index < -0.39 is 0 Å². The smallest absolute Gasteiger partial charge is 0.252 e. The molecular weight excluding hydrogens is 860 g/mol. The maximum absolute atomic E-state index is 6.88. The van der Waals surface area contributed by atoms with Crippen LogP contribution >= 0.6 is 0 Å². The number of hydrogen-bond acceptors (Lipinski definition) is 3. The van der Waals surface area contributed by atoms with Crippen molar-refractivity contribution in [3.63, 3.8) is 0 Å². The summed E-state index contributed by atoms with van der Waals surface area (Å²) in [5.74, 6) is 0. The first-order valence-corrected chi connectivity index (χ1v) is 26.0. The minimum atomic E-state index is -0.0723. The van der Waals surface area contributed by atoms with Gasteiger partial charge in [-0.1, -0.05) is 166 Å². The molecular formula is C67H67BN2O. The second kappa shape index (κ2) is 15.6. The topological polar surface area (TPSA) is 19.6 Å². The van der Waals surface area contributed by atoms with Crippen molar-refractivity contribution < 1.29 is 4.42 Å². The zero-order valence-corrected chi connectivity index (χ0v) is 44.2. The van der Waals surface area contributed by atoms with Gasteiger partial charge in [-0.05, 0) is 176 Å². The molecule has 0 N–H and O–H groups in total. The Bertz CT molecular complexity index is 3650. The molecule has 0 unspecified atom stereocenters. The van der Waals surface area contributed by atoms with Gasteiger partial charge in [0, 0.05) is 33.7 Å². The lowest BCUT2D eigenvalue weighted by molar-refractivity contribution is 0.332. The molecule has 3 heterocycles. The highest BCUT2D eigenvalue weighted by molar-refractivity contribution is 7.00. The van der Waals surface area contributed by atoms with Crippen LogP contribution in [0.4, 0.5) is 34.1 Å². The van der Waals surface area contributed by atoms with E-state index in [9.17, 15) is 0 Å². The molecule has 9 aromatic rings. The van der Waals surface area contributed by atoms with E-state index in [1.807, 2.05) is 0 Å². The molecule has 0 amide bonds. The first-order valence-electron chi connectivity index (χ1n) is 26.0. The quantitative estimate of drug-likeness (QED) is 0.164. The maximum atomic E-state index is 6.88. The third-order valence-corrected chi connectivity index (χ3v) is 16.8. The molecule has 0 fully saturated rings. The maximum Gasteiger partial charge on any atom is 0.252 e. The molecule has 12 rings (SSSR count). The zero-order chi connectivity index (χ0) is 49.7. The van der Waals surface area contributed by atoms with E-state index in [-0.39, 0.29) is 28.4 Å². The van der Waals surface area contributed by atoms with Crippen LogP contribution in [0.1, 0.15) is 121 Å². The van der Waals surface area contributed by atoms with E-state index in [0.29, 0.717) is 0 Å². The number of aryl methyl sites for hydroxylation is 3. The molecule has 1 aliphatic carbocycles. The third kappa shape index (κ3) is 6.98. The first kappa shape index (κ1) is 45.4. The highest BCUT2D eigenvalue weighted by Gasteiger charge is 2.48. The van der Waals surface area contributed by atoms with E-state index in [1.165, 1.54) is 106 Å². The number of fused-ring (bicyclic) bond motifs is 9. The van der Waals surface area contributed by atoms with E-state index in [2.05, 4.69) is 245 Å². The van der Waals surface area contributed by atoms with Crippen molar-refractivity contribution in [2.45, 2.75) is 125 Å².